The summed E-state index contributed by atoms with van der Waals surface area (Å²) in [7, 11) is 1.53. The predicted octanol–water partition coefficient (Wildman–Crippen LogP) is 5.90. The van der Waals surface area contributed by atoms with Crippen LogP contribution in [0, 0.1) is 11.6 Å². The van der Waals surface area contributed by atoms with Gasteiger partial charge >= 0.3 is 0 Å². The Hall–Kier alpha value is -4.00. The number of aliphatic hydroxyl groups is 1. The number of carbonyl (C=O) groups is 2. The van der Waals surface area contributed by atoms with Gasteiger partial charge in [-0.05, 0) is 47.9 Å². The van der Waals surface area contributed by atoms with E-state index in [1.54, 1.807) is 24.3 Å². The highest BCUT2D eigenvalue weighted by Crippen LogP contribution is 2.43. The molecule has 1 saturated heterocycles. The fourth-order valence-electron chi connectivity index (χ4n) is 4.31. The highest BCUT2D eigenvalue weighted by Gasteiger charge is 2.48. The number of halogens is 2. The molecule has 1 atom stereocenters. The fraction of sp³-hybridized carbons (Fsp3) is 0.214. The normalized spacial score (nSPS) is 17.7. The Kier molecular flexibility index (Phi) is 6.19. The number of benzene rings is 3. The van der Waals surface area contributed by atoms with Crippen LogP contribution in [0.4, 0.5) is 14.5 Å². The molecule has 180 valence electrons. The van der Waals surface area contributed by atoms with Gasteiger partial charge in [-0.3, -0.25) is 14.5 Å². The number of amides is 1. The number of ether oxygens (including phenoxy) is 1. The zero-order valence-electron chi connectivity index (χ0n) is 19.8. The van der Waals surface area contributed by atoms with Crippen LogP contribution in [0.3, 0.4) is 0 Å². The first-order valence-corrected chi connectivity index (χ1v) is 11.0. The molecule has 3 aromatic carbocycles. The molecule has 0 aliphatic carbocycles. The topological polar surface area (TPSA) is 66.8 Å². The minimum atomic E-state index is -1.29. The number of carbonyl (C=O) groups excluding carboxylic acids is 2. The molecule has 1 aliphatic rings. The van der Waals surface area contributed by atoms with E-state index in [4.69, 9.17) is 4.74 Å². The number of aliphatic hydroxyl groups excluding tert-OH is 1. The standard InChI is InChI=1S/C28H25F2NO4/c1-28(2,3)20-14-16(12-13-22(20)35-4)25(32)23-24(19-10-5-6-11-21(19)30)31(27(34)26(23)33)18-9-7-8-17(29)15-18/h5-15,24,32H,1-4H3/b25-23+. The van der Waals surface area contributed by atoms with Crippen molar-refractivity contribution in [3.05, 3.63) is 101 Å². The summed E-state index contributed by atoms with van der Waals surface area (Å²) in [4.78, 5) is 27.4. The minimum absolute atomic E-state index is 0.00191. The number of hydrogen-bond acceptors (Lipinski definition) is 4. The van der Waals surface area contributed by atoms with E-state index >= 15 is 0 Å². The molecule has 5 nitrogen and oxygen atoms in total. The Bertz CT molecular complexity index is 1360. The molecule has 1 amide bonds. The van der Waals surface area contributed by atoms with Crippen LogP contribution in [-0.4, -0.2) is 23.9 Å². The number of hydrogen-bond donors (Lipinski definition) is 1. The van der Waals surface area contributed by atoms with Crippen molar-refractivity contribution in [1.82, 2.24) is 0 Å². The van der Waals surface area contributed by atoms with Crippen molar-refractivity contribution < 1.29 is 28.2 Å². The van der Waals surface area contributed by atoms with Crippen molar-refractivity contribution >= 4 is 23.1 Å². The minimum Gasteiger partial charge on any atom is -0.507 e. The van der Waals surface area contributed by atoms with Gasteiger partial charge in [-0.25, -0.2) is 8.78 Å². The molecule has 1 N–H and O–H groups in total. The fourth-order valence-corrected chi connectivity index (χ4v) is 4.31. The van der Waals surface area contributed by atoms with Gasteiger partial charge in [0, 0.05) is 22.4 Å². The lowest BCUT2D eigenvalue weighted by Crippen LogP contribution is -2.30. The van der Waals surface area contributed by atoms with Crippen LogP contribution in [0.1, 0.15) is 43.5 Å². The van der Waals surface area contributed by atoms with Crippen LogP contribution in [0.25, 0.3) is 5.76 Å². The summed E-state index contributed by atoms with van der Waals surface area (Å²) in [5.41, 5.74) is 0.474. The van der Waals surface area contributed by atoms with Gasteiger partial charge in [0.1, 0.15) is 23.1 Å². The van der Waals surface area contributed by atoms with E-state index in [-0.39, 0.29) is 27.8 Å². The van der Waals surface area contributed by atoms with Gasteiger partial charge in [-0.1, -0.05) is 45.0 Å². The van der Waals surface area contributed by atoms with E-state index in [1.165, 1.54) is 43.5 Å². The van der Waals surface area contributed by atoms with Gasteiger partial charge in [0.05, 0.1) is 18.7 Å². The first-order chi connectivity index (χ1) is 16.5. The highest BCUT2D eigenvalue weighted by atomic mass is 19.1. The van der Waals surface area contributed by atoms with E-state index in [0.717, 1.165) is 16.5 Å². The Labute approximate surface area is 202 Å². The second-order valence-corrected chi connectivity index (χ2v) is 9.34. The quantitative estimate of drug-likeness (QED) is 0.289. The summed E-state index contributed by atoms with van der Waals surface area (Å²) < 4.78 is 34.5. The molecule has 1 unspecified atom stereocenters. The maximum absolute atomic E-state index is 15.0. The van der Waals surface area contributed by atoms with Crippen molar-refractivity contribution in [1.29, 1.82) is 0 Å². The van der Waals surface area contributed by atoms with Crippen molar-refractivity contribution in [2.24, 2.45) is 0 Å². The van der Waals surface area contributed by atoms with Gasteiger partial charge in [-0.2, -0.15) is 0 Å². The van der Waals surface area contributed by atoms with Crippen LogP contribution in [-0.2, 0) is 15.0 Å². The molecule has 0 spiro atoms. The molecule has 4 rings (SSSR count). The lowest BCUT2D eigenvalue weighted by Gasteiger charge is -2.26. The van der Waals surface area contributed by atoms with Gasteiger partial charge < -0.3 is 9.84 Å². The molecule has 1 aliphatic heterocycles. The SMILES string of the molecule is COc1ccc(/C(O)=C2\C(=O)C(=O)N(c3cccc(F)c3)C2c2ccccc2F)cc1C(C)(C)C. The average molecular weight is 478 g/mol. The number of nitrogens with zero attached hydrogens (tertiary/aromatic N) is 1. The zero-order chi connectivity index (χ0) is 25.5. The Morgan fingerprint density at radius 3 is 2.31 bits per heavy atom. The van der Waals surface area contributed by atoms with Crippen molar-refractivity contribution in [2.75, 3.05) is 12.0 Å². The van der Waals surface area contributed by atoms with Crippen LogP contribution in [0.2, 0.25) is 0 Å². The maximum atomic E-state index is 15.0. The van der Waals surface area contributed by atoms with Crippen molar-refractivity contribution in [3.8, 4) is 5.75 Å². The van der Waals surface area contributed by atoms with Gasteiger partial charge in [0.25, 0.3) is 11.7 Å². The van der Waals surface area contributed by atoms with E-state index in [1.807, 2.05) is 20.8 Å². The van der Waals surface area contributed by atoms with Crippen molar-refractivity contribution in [3.63, 3.8) is 0 Å². The second-order valence-electron chi connectivity index (χ2n) is 9.34. The third kappa shape index (κ3) is 4.30. The third-order valence-corrected chi connectivity index (χ3v) is 6.01. The molecule has 0 radical (unpaired) electrons. The maximum Gasteiger partial charge on any atom is 0.300 e. The number of anilines is 1. The number of ketones is 1. The number of methoxy groups -OCH3 is 1. The van der Waals surface area contributed by atoms with E-state index < -0.39 is 35.1 Å². The molecular weight excluding hydrogens is 452 g/mol. The van der Waals surface area contributed by atoms with Gasteiger partial charge in [0.2, 0.25) is 0 Å². The first-order valence-electron chi connectivity index (χ1n) is 11.0. The van der Waals surface area contributed by atoms with Crippen molar-refractivity contribution in [2.45, 2.75) is 32.2 Å². The Balaban J connectivity index is 1.99. The molecule has 7 heteroatoms. The summed E-state index contributed by atoms with van der Waals surface area (Å²) >= 11 is 0. The van der Waals surface area contributed by atoms with Crippen LogP contribution < -0.4 is 9.64 Å². The molecule has 0 saturated carbocycles. The molecule has 0 bridgehead atoms. The molecule has 1 fully saturated rings. The molecular formula is C28H25F2NO4. The van der Waals surface area contributed by atoms with Gasteiger partial charge in [-0.15, -0.1) is 0 Å². The largest absolute Gasteiger partial charge is 0.507 e. The molecule has 3 aromatic rings. The van der Waals surface area contributed by atoms with Crippen LogP contribution in [0.15, 0.2) is 72.3 Å². The smallest absolute Gasteiger partial charge is 0.300 e. The summed E-state index contributed by atoms with van der Waals surface area (Å²) in [5, 5.41) is 11.3. The predicted molar refractivity (Wildman–Crippen MR) is 129 cm³/mol. The Morgan fingerprint density at radius 2 is 1.69 bits per heavy atom. The third-order valence-electron chi connectivity index (χ3n) is 6.01. The summed E-state index contributed by atoms with van der Waals surface area (Å²) in [6, 6.07) is 14.4. The van der Waals surface area contributed by atoms with E-state index in [9.17, 15) is 23.5 Å². The van der Waals surface area contributed by atoms with Crippen LogP contribution in [0.5, 0.6) is 5.75 Å². The number of Topliss-reactive ketones (excluding diaryl/α,β-unsaturated/α-hetero) is 1. The number of rotatable bonds is 4. The average Bonchev–Trinajstić information content (AvgIpc) is 3.08. The van der Waals surface area contributed by atoms with E-state index in [2.05, 4.69) is 0 Å². The highest BCUT2D eigenvalue weighted by molar-refractivity contribution is 6.51. The van der Waals surface area contributed by atoms with E-state index in [0.29, 0.717) is 5.75 Å². The molecule has 0 aromatic heterocycles. The first kappa shape index (κ1) is 24.1. The summed E-state index contributed by atoms with van der Waals surface area (Å²) in [5.74, 6) is -3.13. The summed E-state index contributed by atoms with van der Waals surface area (Å²) in [6.07, 6.45) is 0. The van der Waals surface area contributed by atoms with Gasteiger partial charge in [0.15, 0.2) is 0 Å². The molecule has 35 heavy (non-hydrogen) atoms. The lowest BCUT2D eigenvalue weighted by atomic mass is 9.84. The Morgan fingerprint density at radius 1 is 0.971 bits per heavy atom. The molecule has 1 heterocycles. The lowest BCUT2D eigenvalue weighted by molar-refractivity contribution is -0.132. The monoisotopic (exact) mass is 477 g/mol. The second kappa shape index (κ2) is 8.98. The van der Waals surface area contributed by atoms with Crippen LogP contribution >= 0.6 is 0 Å². The summed E-state index contributed by atoms with van der Waals surface area (Å²) in [6.45, 7) is 5.91. The zero-order valence-corrected chi connectivity index (χ0v) is 19.8.